The molecule has 16 heavy (non-hydrogen) atoms. The second-order valence-electron chi connectivity index (χ2n) is 3.53. The van der Waals surface area contributed by atoms with E-state index in [1.54, 1.807) is 0 Å². The molecule has 0 N–H and O–H groups in total. The van der Waals surface area contributed by atoms with Gasteiger partial charge in [0, 0.05) is 12.8 Å². The summed E-state index contributed by atoms with van der Waals surface area (Å²) < 4.78 is 39.0. The third-order valence-corrected chi connectivity index (χ3v) is 2.22. The SMILES string of the molecule is COC(=O)c1cc(OC2CC(F)(F)C2)no1. The molecule has 2 rings (SSSR count). The lowest BCUT2D eigenvalue weighted by Gasteiger charge is -2.33. The second-order valence-corrected chi connectivity index (χ2v) is 3.53. The third kappa shape index (κ3) is 2.12. The monoisotopic (exact) mass is 233 g/mol. The Morgan fingerprint density at radius 3 is 2.88 bits per heavy atom. The van der Waals surface area contributed by atoms with E-state index < -0.39 is 18.0 Å². The van der Waals surface area contributed by atoms with Crippen LogP contribution in [0.25, 0.3) is 0 Å². The Labute approximate surface area is 89.3 Å². The van der Waals surface area contributed by atoms with E-state index in [1.807, 2.05) is 0 Å². The van der Waals surface area contributed by atoms with E-state index in [0.29, 0.717) is 0 Å². The summed E-state index contributed by atoms with van der Waals surface area (Å²) in [7, 11) is 1.19. The van der Waals surface area contributed by atoms with Crippen LogP contribution in [0.15, 0.2) is 10.6 Å². The predicted molar refractivity (Wildman–Crippen MR) is 46.4 cm³/mol. The van der Waals surface area contributed by atoms with Crippen LogP contribution in [-0.4, -0.2) is 30.3 Å². The number of rotatable bonds is 3. The van der Waals surface area contributed by atoms with Crippen molar-refractivity contribution in [3.63, 3.8) is 0 Å². The fourth-order valence-corrected chi connectivity index (χ4v) is 1.37. The van der Waals surface area contributed by atoms with Crippen LogP contribution in [0.5, 0.6) is 5.88 Å². The summed E-state index contributed by atoms with van der Waals surface area (Å²) in [4.78, 5) is 11.0. The van der Waals surface area contributed by atoms with Crippen molar-refractivity contribution in [3.05, 3.63) is 11.8 Å². The first-order chi connectivity index (χ1) is 7.50. The van der Waals surface area contributed by atoms with Crippen LogP contribution >= 0.6 is 0 Å². The molecule has 88 valence electrons. The lowest BCUT2D eigenvalue weighted by atomic mass is 9.91. The summed E-state index contributed by atoms with van der Waals surface area (Å²) in [5.74, 6) is -3.45. The van der Waals surface area contributed by atoms with Gasteiger partial charge in [-0.1, -0.05) is 0 Å². The molecule has 0 radical (unpaired) electrons. The summed E-state index contributed by atoms with van der Waals surface area (Å²) in [6.07, 6.45) is -1.26. The van der Waals surface area contributed by atoms with Gasteiger partial charge in [0.15, 0.2) is 0 Å². The maximum Gasteiger partial charge on any atom is 0.377 e. The molecule has 1 aromatic heterocycles. The normalized spacial score (nSPS) is 18.9. The number of alkyl halides is 2. The van der Waals surface area contributed by atoms with Gasteiger partial charge >= 0.3 is 5.97 Å². The Balaban J connectivity index is 1.91. The van der Waals surface area contributed by atoms with Gasteiger partial charge in [0.25, 0.3) is 11.8 Å². The standard InChI is InChI=1S/C9H9F2NO4/c1-14-8(13)6-2-7(12-16-6)15-5-3-9(10,11)4-5/h2,5H,3-4H2,1H3. The van der Waals surface area contributed by atoms with E-state index >= 15 is 0 Å². The molecule has 0 saturated heterocycles. The van der Waals surface area contributed by atoms with E-state index in [0.717, 1.165) is 0 Å². The third-order valence-electron chi connectivity index (χ3n) is 2.22. The molecular weight excluding hydrogens is 224 g/mol. The van der Waals surface area contributed by atoms with Crippen molar-refractivity contribution in [2.75, 3.05) is 7.11 Å². The number of esters is 1. The van der Waals surface area contributed by atoms with Crippen LogP contribution in [0.4, 0.5) is 8.78 Å². The zero-order valence-corrected chi connectivity index (χ0v) is 8.41. The number of carbonyl (C=O) groups is 1. The number of ether oxygens (including phenoxy) is 2. The number of hydrogen-bond donors (Lipinski definition) is 0. The Morgan fingerprint density at radius 2 is 2.31 bits per heavy atom. The highest BCUT2D eigenvalue weighted by molar-refractivity contribution is 5.86. The minimum atomic E-state index is -2.65. The van der Waals surface area contributed by atoms with Crippen LogP contribution < -0.4 is 4.74 Å². The van der Waals surface area contributed by atoms with E-state index in [4.69, 9.17) is 4.74 Å². The van der Waals surface area contributed by atoms with Crippen molar-refractivity contribution in [2.24, 2.45) is 0 Å². The Bertz CT molecular complexity index is 396. The highest BCUT2D eigenvalue weighted by Crippen LogP contribution is 2.39. The maximum absolute atomic E-state index is 12.5. The van der Waals surface area contributed by atoms with Crippen molar-refractivity contribution < 1.29 is 27.6 Å². The first-order valence-electron chi connectivity index (χ1n) is 4.60. The van der Waals surface area contributed by atoms with Gasteiger partial charge in [-0.15, -0.1) is 0 Å². The highest BCUT2D eigenvalue weighted by Gasteiger charge is 2.47. The average Bonchev–Trinajstić information content (AvgIpc) is 2.62. The van der Waals surface area contributed by atoms with Crippen LogP contribution in [0, 0.1) is 0 Å². The molecule has 0 aromatic carbocycles. The molecular formula is C9H9F2NO4. The summed E-state index contributed by atoms with van der Waals surface area (Å²) in [5.41, 5.74) is 0. The number of carbonyl (C=O) groups excluding carboxylic acids is 1. The van der Waals surface area contributed by atoms with Gasteiger partial charge in [0.2, 0.25) is 5.76 Å². The second kappa shape index (κ2) is 3.73. The van der Waals surface area contributed by atoms with Gasteiger partial charge in [0.05, 0.1) is 13.2 Å². The van der Waals surface area contributed by atoms with Gasteiger partial charge in [0.1, 0.15) is 6.10 Å². The van der Waals surface area contributed by atoms with E-state index in [-0.39, 0.29) is 24.5 Å². The maximum atomic E-state index is 12.5. The molecule has 1 heterocycles. The molecule has 0 unspecified atom stereocenters. The molecule has 1 aliphatic carbocycles. The highest BCUT2D eigenvalue weighted by atomic mass is 19.3. The fourth-order valence-electron chi connectivity index (χ4n) is 1.37. The molecule has 0 bridgehead atoms. The molecule has 0 aliphatic heterocycles. The molecule has 0 spiro atoms. The molecule has 1 aliphatic rings. The number of methoxy groups -OCH3 is 1. The predicted octanol–water partition coefficient (Wildman–Crippen LogP) is 1.64. The lowest BCUT2D eigenvalue weighted by molar-refractivity contribution is -0.135. The minimum absolute atomic E-state index is 0.0147. The lowest BCUT2D eigenvalue weighted by Crippen LogP contribution is -2.43. The average molecular weight is 233 g/mol. The van der Waals surface area contributed by atoms with Crippen molar-refractivity contribution in [2.45, 2.75) is 24.9 Å². The first-order valence-corrected chi connectivity index (χ1v) is 4.60. The van der Waals surface area contributed by atoms with Crippen molar-refractivity contribution in [3.8, 4) is 5.88 Å². The van der Waals surface area contributed by atoms with Crippen LogP contribution in [-0.2, 0) is 4.74 Å². The summed E-state index contributed by atoms with van der Waals surface area (Å²) in [6, 6.07) is 1.21. The molecule has 7 heteroatoms. The molecule has 0 atom stereocenters. The smallest absolute Gasteiger partial charge is 0.377 e. The number of hydrogen-bond acceptors (Lipinski definition) is 5. The van der Waals surface area contributed by atoms with E-state index in [1.165, 1.54) is 13.2 Å². The van der Waals surface area contributed by atoms with Crippen LogP contribution in [0.2, 0.25) is 0 Å². The van der Waals surface area contributed by atoms with E-state index in [2.05, 4.69) is 14.4 Å². The summed E-state index contributed by atoms with van der Waals surface area (Å²) in [5, 5.41) is 3.41. The Hall–Kier alpha value is -1.66. The number of aromatic nitrogens is 1. The molecule has 1 saturated carbocycles. The van der Waals surface area contributed by atoms with Gasteiger partial charge < -0.3 is 14.0 Å². The zero-order valence-electron chi connectivity index (χ0n) is 8.41. The van der Waals surface area contributed by atoms with Crippen molar-refractivity contribution >= 4 is 5.97 Å². The summed E-state index contributed by atoms with van der Waals surface area (Å²) in [6.45, 7) is 0. The van der Waals surface area contributed by atoms with Crippen molar-refractivity contribution in [1.29, 1.82) is 0 Å². The Morgan fingerprint density at radius 1 is 1.62 bits per heavy atom. The topological polar surface area (TPSA) is 61.6 Å². The van der Waals surface area contributed by atoms with Gasteiger partial charge in [-0.2, -0.15) is 0 Å². The van der Waals surface area contributed by atoms with Crippen LogP contribution in [0.3, 0.4) is 0 Å². The minimum Gasteiger partial charge on any atom is -0.472 e. The Kier molecular flexibility index (Phi) is 2.53. The van der Waals surface area contributed by atoms with Crippen LogP contribution in [0.1, 0.15) is 23.4 Å². The quantitative estimate of drug-likeness (QED) is 0.742. The largest absolute Gasteiger partial charge is 0.472 e. The molecule has 5 nitrogen and oxygen atoms in total. The summed E-state index contributed by atoms with van der Waals surface area (Å²) >= 11 is 0. The van der Waals surface area contributed by atoms with Crippen molar-refractivity contribution in [1.82, 2.24) is 5.16 Å². The van der Waals surface area contributed by atoms with Gasteiger partial charge in [-0.25, -0.2) is 13.6 Å². The first kappa shape index (κ1) is 10.8. The van der Waals surface area contributed by atoms with E-state index in [9.17, 15) is 13.6 Å². The number of nitrogens with zero attached hydrogens (tertiary/aromatic N) is 1. The fraction of sp³-hybridized carbons (Fsp3) is 0.556. The molecule has 0 amide bonds. The number of halogens is 2. The molecule has 1 fully saturated rings. The van der Waals surface area contributed by atoms with Gasteiger partial charge in [-0.05, 0) is 5.16 Å². The van der Waals surface area contributed by atoms with Gasteiger partial charge in [-0.3, -0.25) is 0 Å². The molecule has 1 aromatic rings. The zero-order chi connectivity index (χ0) is 11.8.